The number of benzene rings is 1. The number of hydrogen-bond donors (Lipinski definition) is 1. The van der Waals surface area contributed by atoms with Crippen LogP contribution in [0.25, 0.3) is 0 Å². The van der Waals surface area contributed by atoms with Crippen LogP contribution in [0.2, 0.25) is 5.02 Å². The Labute approximate surface area is 117 Å². The highest BCUT2D eigenvalue weighted by Gasteiger charge is 2.15. The summed E-state index contributed by atoms with van der Waals surface area (Å²) in [5.41, 5.74) is 0.646. The van der Waals surface area contributed by atoms with E-state index in [1.807, 2.05) is 0 Å². The van der Waals surface area contributed by atoms with E-state index in [4.69, 9.17) is 11.6 Å². The molecule has 1 fully saturated rings. The fourth-order valence-electron chi connectivity index (χ4n) is 1.91. The largest absolute Gasteiger partial charge is 0.339 e. The van der Waals surface area contributed by atoms with Gasteiger partial charge in [0.15, 0.2) is 0 Å². The first kappa shape index (κ1) is 13.6. The fraction of sp³-hybridized carbons (Fsp3) is 0.286. The summed E-state index contributed by atoms with van der Waals surface area (Å²) >= 11 is 5.75. The molecule has 0 unspecified atom stereocenters. The third-order valence-electron chi connectivity index (χ3n) is 2.91. The molecule has 1 aliphatic heterocycles. The van der Waals surface area contributed by atoms with Gasteiger partial charge < -0.3 is 10.2 Å². The van der Waals surface area contributed by atoms with E-state index in [-0.39, 0.29) is 11.8 Å². The minimum Gasteiger partial charge on any atom is -0.339 e. The van der Waals surface area contributed by atoms with E-state index in [0.29, 0.717) is 10.7 Å². The number of carbonyl (C=O) groups excluding carboxylic acids is 2. The summed E-state index contributed by atoms with van der Waals surface area (Å²) in [5, 5.41) is 3.27. The number of nitrogens with zero attached hydrogens (tertiary/aromatic N) is 1. The number of amides is 2. The van der Waals surface area contributed by atoms with Crippen LogP contribution in [0.5, 0.6) is 0 Å². The monoisotopic (exact) mass is 278 g/mol. The van der Waals surface area contributed by atoms with Gasteiger partial charge >= 0.3 is 0 Å². The molecule has 0 aromatic heterocycles. The summed E-state index contributed by atoms with van der Waals surface area (Å²) in [4.78, 5) is 25.0. The Bertz CT molecular complexity index is 491. The molecule has 0 bridgehead atoms. The standard InChI is InChI=1S/C14H15ClN2O2/c15-11-3-5-12(6-4-11)16-13(18)7-8-14(19)17-9-1-2-10-17/h3-8H,1-2,9-10H2,(H,16,18)/b8-7-. The van der Waals surface area contributed by atoms with Gasteiger partial charge in [-0.15, -0.1) is 0 Å². The average molecular weight is 279 g/mol. The van der Waals surface area contributed by atoms with Crippen molar-refractivity contribution in [3.8, 4) is 0 Å². The molecule has 4 nitrogen and oxygen atoms in total. The molecular formula is C14H15ClN2O2. The summed E-state index contributed by atoms with van der Waals surface area (Å²) in [5.74, 6) is -0.432. The van der Waals surface area contributed by atoms with Crippen molar-refractivity contribution in [2.45, 2.75) is 12.8 Å². The predicted molar refractivity (Wildman–Crippen MR) is 75.0 cm³/mol. The van der Waals surface area contributed by atoms with Crippen molar-refractivity contribution < 1.29 is 9.59 Å². The third-order valence-corrected chi connectivity index (χ3v) is 3.16. The van der Waals surface area contributed by atoms with Gasteiger partial charge in [-0.2, -0.15) is 0 Å². The quantitative estimate of drug-likeness (QED) is 0.864. The number of anilines is 1. The van der Waals surface area contributed by atoms with E-state index in [1.165, 1.54) is 12.2 Å². The van der Waals surface area contributed by atoms with Crippen molar-refractivity contribution in [2.24, 2.45) is 0 Å². The molecule has 5 heteroatoms. The molecule has 19 heavy (non-hydrogen) atoms. The molecule has 1 N–H and O–H groups in total. The molecule has 100 valence electrons. The first-order valence-corrected chi connectivity index (χ1v) is 6.56. The maximum atomic E-state index is 11.7. The maximum absolute atomic E-state index is 11.7. The number of rotatable bonds is 3. The molecule has 0 saturated carbocycles. The van der Waals surface area contributed by atoms with Gasteiger partial charge in [0, 0.05) is 36.0 Å². The molecule has 1 aromatic rings. The number of carbonyl (C=O) groups is 2. The van der Waals surface area contributed by atoms with Crippen molar-refractivity contribution >= 4 is 29.1 Å². The number of likely N-dealkylation sites (tertiary alicyclic amines) is 1. The molecule has 0 atom stereocenters. The lowest BCUT2D eigenvalue weighted by molar-refractivity contribution is -0.125. The summed E-state index contributed by atoms with van der Waals surface area (Å²) in [6.07, 6.45) is 4.65. The highest BCUT2D eigenvalue weighted by atomic mass is 35.5. The zero-order chi connectivity index (χ0) is 13.7. The van der Waals surface area contributed by atoms with E-state index in [1.54, 1.807) is 29.2 Å². The molecule has 1 aromatic carbocycles. The van der Waals surface area contributed by atoms with E-state index < -0.39 is 0 Å². The number of halogens is 1. The van der Waals surface area contributed by atoms with Crippen molar-refractivity contribution in [1.82, 2.24) is 4.90 Å². The van der Waals surface area contributed by atoms with Crippen molar-refractivity contribution in [3.63, 3.8) is 0 Å². The SMILES string of the molecule is O=C(/C=C\C(=O)N1CCCC1)Nc1ccc(Cl)cc1. The van der Waals surface area contributed by atoms with Gasteiger partial charge in [0.2, 0.25) is 11.8 Å². The Kier molecular flexibility index (Phi) is 4.58. The van der Waals surface area contributed by atoms with Crippen molar-refractivity contribution in [1.29, 1.82) is 0 Å². The molecule has 0 spiro atoms. The smallest absolute Gasteiger partial charge is 0.248 e. The first-order valence-electron chi connectivity index (χ1n) is 6.19. The second kappa shape index (κ2) is 6.38. The van der Waals surface area contributed by atoms with Gasteiger partial charge in [-0.3, -0.25) is 9.59 Å². The summed E-state index contributed by atoms with van der Waals surface area (Å²) in [6.45, 7) is 1.56. The lowest BCUT2D eigenvalue weighted by atomic mass is 10.3. The summed E-state index contributed by atoms with van der Waals surface area (Å²) in [6, 6.07) is 6.79. The molecule has 1 saturated heterocycles. The normalized spacial score (nSPS) is 14.9. The highest BCUT2D eigenvalue weighted by Crippen LogP contribution is 2.13. The first-order chi connectivity index (χ1) is 9.15. The summed E-state index contributed by atoms with van der Waals surface area (Å²) in [7, 11) is 0. The average Bonchev–Trinajstić information content (AvgIpc) is 2.93. The predicted octanol–water partition coefficient (Wildman–Crippen LogP) is 2.46. The maximum Gasteiger partial charge on any atom is 0.248 e. The Morgan fingerprint density at radius 1 is 1.11 bits per heavy atom. The summed E-state index contributed by atoms with van der Waals surface area (Å²) < 4.78 is 0. The third kappa shape index (κ3) is 4.10. The van der Waals surface area contributed by atoms with Crippen LogP contribution in [-0.2, 0) is 9.59 Å². The van der Waals surface area contributed by atoms with Crippen LogP contribution in [-0.4, -0.2) is 29.8 Å². The Morgan fingerprint density at radius 3 is 2.37 bits per heavy atom. The van der Waals surface area contributed by atoms with Crippen LogP contribution < -0.4 is 5.32 Å². The molecular weight excluding hydrogens is 264 g/mol. The van der Waals surface area contributed by atoms with Crippen molar-refractivity contribution in [2.75, 3.05) is 18.4 Å². The van der Waals surface area contributed by atoms with Gasteiger partial charge in [-0.25, -0.2) is 0 Å². The van der Waals surface area contributed by atoms with Gasteiger partial charge in [0.25, 0.3) is 0 Å². The lowest BCUT2D eigenvalue weighted by Gasteiger charge is -2.11. The highest BCUT2D eigenvalue weighted by molar-refractivity contribution is 6.30. The van der Waals surface area contributed by atoms with Crippen LogP contribution in [0.3, 0.4) is 0 Å². The van der Waals surface area contributed by atoms with Crippen LogP contribution >= 0.6 is 11.6 Å². The molecule has 0 aliphatic carbocycles. The van der Waals surface area contributed by atoms with Crippen LogP contribution in [0, 0.1) is 0 Å². The zero-order valence-electron chi connectivity index (χ0n) is 10.4. The van der Waals surface area contributed by atoms with Gasteiger partial charge in [0.05, 0.1) is 0 Å². The van der Waals surface area contributed by atoms with Crippen LogP contribution in [0.4, 0.5) is 5.69 Å². The minimum absolute atomic E-state index is 0.108. The Morgan fingerprint density at radius 2 is 1.74 bits per heavy atom. The van der Waals surface area contributed by atoms with Gasteiger partial charge in [-0.1, -0.05) is 11.6 Å². The molecule has 1 aliphatic rings. The van der Waals surface area contributed by atoms with Crippen LogP contribution in [0.1, 0.15) is 12.8 Å². The van der Waals surface area contributed by atoms with Crippen LogP contribution in [0.15, 0.2) is 36.4 Å². The molecule has 2 rings (SSSR count). The topological polar surface area (TPSA) is 49.4 Å². The second-order valence-electron chi connectivity index (χ2n) is 4.36. The number of nitrogens with one attached hydrogen (secondary N) is 1. The molecule has 2 amide bonds. The number of hydrogen-bond acceptors (Lipinski definition) is 2. The van der Waals surface area contributed by atoms with E-state index in [2.05, 4.69) is 5.32 Å². The van der Waals surface area contributed by atoms with E-state index >= 15 is 0 Å². The fourth-order valence-corrected chi connectivity index (χ4v) is 2.03. The van der Waals surface area contributed by atoms with Gasteiger partial charge in [-0.05, 0) is 37.1 Å². The molecule has 1 heterocycles. The Balaban J connectivity index is 1.86. The molecule has 0 radical (unpaired) electrons. The van der Waals surface area contributed by atoms with Gasteiger partial charge in [0.1, 0.15) is 0 Å². The Hall–Kier alpha value is -1.81. The lowest BCUT2D eigenvalue weighted by Crippen LogP contribution is -2.25. The minimum atomic E-state index is -0.324. The zero-order valence-corrected chi connectivity index (χ0v) is 11.2. The van der Waals surface area contributed by atoms with E-state index in [9.17, 15) is 9.59 Å². The van der Waals surface area contributed by atoms with Crippen molar-refractivity contribution in [3.05, 3.63) is 41.4 Å². The second-order valence-corrected chi connectivity index (χ2v) is 4.80. The van der Waals surface area contributed by atoms with E-state index in [0.717, 1.165) is 25.9 Å².